The minimum absolute atomic E-state index is 0.900. The zero-order valence-corrected chi connectivity index (χ0v) is 12.3. The van der Waals surface area contributed by atoms with Crippen molar-refractivity contribution < 1.29 is 0 Å². The Morgan fingerprint density at radius 3 is 1.31 bits per heavy atom. The molecule has 0 bridgehead atoms. The number of pyridine rings is 2. The lowest BCUT2D eigenvalue weighted by Crippen LogP contribution is -1.77. The van der Waals surface area contributed by atoms with Gasteiger partial charge in [-0.2, -0.15) is 0 Å². The Labute approximate surface area is 112 Å². The van der Waals surface area contributed by atoms with Gasteiger partial charge in [0.1, 0.15) is 9.21 Å². The maximum atomic E-state index is 4.09. The Morgan fingerprint density at radius 2 is 1.12 bits per heavy atom. The maximum absolute atomic E-state index is 4.09. The fraction of sp³-hybridized carbons (Fsp3) is 0.167. The van der Waals surface area contributed by atoms with Crippen LogP contribution in [0.5, 0.6) is 0 Å². The molecule has 0 aliphatic carbocycles. The lowest BCUT2D eigenvalue weighted by molar-refractivity contribution is 1.17. The predicted molar refractivity (Wildman–Crippen MR) is 73.3 cm³/mol. The highest BCUT2D eigenvalue weighted by molar-refractivity contribution is 9.10. The molecule has 16 heavy (non-hydrogen) atoms. The molecule has 0 aliphatic heterocycles. The molecule has 2 heterocycles. The van der Waals surface area contributed by atoms with Crippen LogP contribution in [-0.2, 0) is 0 Å². The van der Waals surface area contributed by atoms with Crippen LogP contribution in [0.4, 0.5) is 0 Å². The summed E-state index contributed by atoms with van der Waals surface area (Å²) in [7, 11) is 0. The third-order valence-corrected chi connectivity index (χ3v) is 2.59. The van der Waals surface area contributed by atoms with Gasteiger partial charge in [0.15, 0.2) is 0 Å². The van der Waals surface area contributed by atoms with Gasteiger partial charge in [0.2, 0.25) is 0 Å². The highest BCUT2D eigenvalue weighted by Gasteiger charge is 1.84. The van der Waals surface area contributed by atoms with Crippen molar-refractivity contribution in [2.45, 2.75) is 13.8 Å². The largest absolute Gasteiger partial charge is 0.246 e. The van der Waals surface area contributed by atoms with E-state index in [0.717, 1.165) is 20.6 Å². The lowest BCUT2D eigenvalue weighted by Gasteiger charge is -1.88. The number of hydrogen-bond donors (Lipinski definition) is 0. The molecule has 0 spiro atoms. The second-order valence-corrected chi connectivity index (χ2v) is 4.83. The van der Waals surface area contributed by atoms with E-state index in [0.29, 0.717) is 0 Å². The summed E-state index contributed by atoms with van der Waals surface area (Å²) in [5, 5.41) is 0. The van der Waals surface area contributed by atoms with Crippen molar-refractivity contribution in [1.82, 2.24) is 9.97 Å². The molecule has 0 aromatic carbocycles. The normalized spacial score (nSPS) is 9.25. The van der Waals surface area contributed by atoms with Crippen LogP contribution in [0.25, 0.3) is 0 Å². The van der Waals surface area contributed by atoms with E-state index < -0.39 is 0 Å². The summed E-state index contributed by atoms with van der Waals surface area (Å²) in [6.07, 6.45) is 0. The molecule has 2 aromatic rings. The maximum Gasteiger partial charge on any atom is 0.106 e. The highest BCUT2D eigenvalue weighted by atomic mass is 79.9. The van der Waals surface area contributed by atoms with E-state index in [1.54, 1.807) is 0 Å². The summed E-state index contributed by atoms with van der Waals surface area (Å²) in [6, 6.07) is 11.7. The third-order valence-electron chi connectivity index (χ3n) is 1.71. The van der Waals surface area contributed by atoms with E-state index in [1.807, 2.05) is 50.2 Å². The molecule has 0 unspecified atom stereocenters. The van der Waals surface area contributed by atoms with Crippen LogP contribution in [-0.4, -0.2) is 9.97 Å². The van der Waals surface area contributed by atoms with Crippen LogP contribution < -0.4 is 0 Å². The minimum Gasteiger partial charge on any atom is -0.246 e. The summed E-state index contributed by atoms with van der Waals surface area (Å²) in [6.45, 7) is 3.93. The number of halogens is 2. The van der Waals surface area contributed by atoms with E-state index in [-0.39, 0.29) is 0 Å². The molecule has 4 heteroatoms. The van der Waals surface area contributed by atoms with Gasteiger partial charge in [0, 0.05) is 11.4 Å². The first-order chi connectivity index (χ1) is 7.58. The number of nitrogens with zero attached hydrogens (tertiary/aromatic N) is 2. The van der Waals surface area contributed by atoms with Crippen LogP contribution in [0, 0.1) is 13.8 Å². The number of hydrogen-bond acceptors (Lipinski definition) is 2. The summed E-state index contributed by atoms with van der Waals surface area (Å²) >= 11 is 6.50. The van der Waals surface area contributed by atoms with E-state index >= 15 is 0 Å². The average molecular weight is 344 g/mol. The topological polar surface area (TPSA) is 25.8 Å². The van der Waals surface area contributed by atoms with Crippen molar-refractivity contribution in [3.63, 3.8) is 0 Å². The van der Waals surface area contributed by atoms with Gasteiger partial charge in [-0.15, -0.1) is 0 Å². The van der Waals surface area contributed by atoms with Crippen LogP contribution in [0.1, 0.15) is 11.4 Å². The molecule has 0 saturated heterocycles. The molecule has 84 valence electrons. The van der Waals surface area contributed by atoms with Crippen molar-refractivity contribution >= 4 is 31.9 Å². The van der Waals surface area contributed by atoms with E-state index in [9.17, 15) is 0 Å². The molecule has 0 amide bonds. The number of aromatic nitrogens is 2. The minimum atomic E-state index is 0.900. The second-order valence-electron chi connectivity index (χ2n) is 3.20. The van der Waals surface area contributed by atoms with Crippen LogP contribution in [0.15, 0.2) is 45.6 Å². The Balaban J connectivity index is 0.000000160. The zero-order chi connectivity index (χ0) is 12.0. The van der Waals surface area contributed by atoms with Crippen molar-refractivity contribution in [3.8, 4) is 0 Å². The summed E-state index contributed by atoms with van der Waals surface area (Å²) in [5.74, 6) is 0. The third kappa shape index (κ3) is 5.37. The Hall–Kier alpha value is -0.740. The Morgan fingerprint density at radius 1 is 0.750 bits per heavy atom. The van der Waals surface area contributed by atoms with Crippen molar-refractivity contribution in [2.75, 3.05) is 0 Å². The highest BCUT2D eigenvalue weighted by Crippen LogP contribution is 2.04. The Bertz CT molecular complexity index is 380. The van der Waals surface area contributed by atoms with Gasteiger partial charge in [-0.05, 0) is 70.0 Å². The predicted octanol–water partition coefficient (Wildman–Crippen LogP) is 4.31. The summed E-state index contributed by atoms with van der Waals surface area (Å²) in [4.78, 5) is 8.18. The number of aryl methyl sites for hydroxylation is 2. The molecule has 2 nitrogen and oxygen atoms in total. The second kappa shape index (κ2) is 6.76. The molecule has 0 N–H and O–H groups in total. The molecule has 0 saturated carbocycles. The zero-order valence-electron chi connectivity index (χ0n) is 9.11. The smallest absolute Gasteiger partial charge is 0.106 e. The quantitative estimate of drug-likeness (QED) is 0.666. The summed E-state index contributed by atoms with van der Waals surface area (Å²) in [5.41, 5.74) is 2.08. The SMILES string of the molecule is Cc1cccc(Br)n1.Cc1cccc(Br)n1. The van der Waals surface area contributed by atoms with Gasteiger partial charge >= 0.3 is 0 Å². The van der Waals surface area contributed by atoms with E-state index in [4.69, 9.17) is 0 Å². The molecule has 0 atom stereocenters. The monoisotopic (exact) mass is 342 g/mol. The van der Waals surface area contributed by atoms with Gasteiger partial charge in [0.25, 0.3) is 0 Å². The van der Waals surface area contributed by atoms with Crippen molar-refractivity contribution in [3.05, 3.63) is 57.0 Å². The number of rotatable bonds is 0. The first kappa shape index (κ1) is 13.3. The first-order valence-corrected chi connectivity index (χ1v) is 6.35. The van der Waals surface area contributed by atoms with Crippen LogP contribution >= 0.6 is 31.9 Å². The molecular formula is C12H12Br2N2. The van der Waals surface area contributed by atoms with Crippen molar-refractivity contribution in [2.24, 2.45) is 0 Å². The summed E-state index contributed by atoms with van der Waals surface area (Å²) < 4.78 is 1.80. The fourth-order valence-corrected chi connectivity index (χ4v) is 1.88. The first-order valence-electron chi connectivity index (χ1n) is 4.76. The Kier molecular flexibility index (Phi) is 5.63. The van der Waals surface area contributed by atoms with E-state index in [1.165, 1.54) is 0 Å². The molecule has 0 aliphatic rings. The van der Waals surface area contributed by atoms with Gasteiger partial charge in [-0.1, -0.05) is 12.1 Å². The molecule has 0 radical (unpaired) electrons. The average Bonchev–Trinajstić information content (AvgIpc) is 2.17. The lowest BCUT2D eigenvalue weighted by atomic mass is 10.4. The van der Waals surface area contributed by atoms with Gasteiger partial charge < -0.3 is 0 Å². The van der Waals surface area contributed by atoms with Gasteiger partial charge in [-0.25, -0.2) is 9.97 Å². The molecule has 2 aromatic heterocycles. The van der Waals surface area contributed by atoms with Gasteiger partial charge in [0.05, 0.1) is 0 Å². The molecule has 2 rings (SSSR count). The fourth-order valence-electron chi connectivity index (χ4n) is 1.02. The van der Waals surface area contributed by atoms with Crippen LogP contribution in [0.2, 0.25) is 0 Å². The van der Waals surface area contributed by atoms with Crippen LogP contribution in [0.3, 0.4) is 0 Å². The van der Waals surface area contributed by atoms with E-state index in [2.05, 4.69) is 41.8 Å². The standard InChI is InChI=1S/2C6H6BrN/c2*1-5-3-2-4-6(7)8-5/h2*2-4H,1H3. The molecular weight excluding hydrogens is 332 g/mol. The van der Waals surface area contributed by atoms with Crippen molar-refractivity contribution in [1.29, 1.82) is 0 Å². The van der Waals surface area contributed by atoms with Gasteiger partial charge in [-0.3, -0.25) is 0 Å². The molecule has 0 fully saturated rings.